The number of aryl methyl sites for hydroxylation is 1. The zero-order valence-electron chi connectivity index (χ0n) is 50.3. The number of ether oxygens (including phenoxy) is 2. The van der Waals surface area contributed by atoms with Crippen LogP contribution in [0.3, 0.4) is 0 Å². The van der Waals surface area contributed by atoms with E-state index in [1.165, 1.54) is 0 Å². The third-order valence-corrected chi connectivity index (χ3v) is 12.9. The van der Waals surface area contributed by atoms with E-state index < -0.39 is 47.0 Å². The van der Waals surface area contributed by atoms with Gasteiger partial charge in [0.05, 0.1) is 6.04 Å². The third kappa shape index (κ3) is 35.7. The van der Waals surface area contributed by atoms with Crippen molar-refractivity contribution in [3.05, 3.63) is 35.9 Å². The third-order valence-electron chi connectivity index (χ3n) is 12.9. The first-order valence-corrected chi connectivity index (χ1v) is 28.6. The summed E-state index contributed by atoms with van der Waals surface area (Å²) in [5.41, 5.74) is -0.669. The molecule has 0 aliphatic rings. The molecule has 0 aromatic heterocycles. The van der Waals surface area contributed by atoms with E-state index in [0.29, 0.717) is 64.5 Å². The van der Waals surface area contributed by atoms with Gasteiger partial charge >= 0.3 is 18.1 Å². The van der Waals surface area contributed by atoms with E-state index in [4.69, 9.17) is 9.47 Å². The maximum atomic E-state index is 14.0. The number of hydrogen-bond donors (Lipinski definition) is 7. The van der Waals surface area contributed by atoms with Gasteiger partial charge in [-0.2, -0.15) is 0 Å². The minimum atomic E-state index is -1.23. The number of ketones is 1. The second-order valence-corrected chi connectivity index (χ2v) is 26.1. The first kappa shape index (κ1) is 69.8. The van der Waals surface area contributed by atoms with Gasteiger partial charge in [-0.05, 0) is 147 Å². The highest BCUT2D eigenvalue weighted by molar-refractivity contribution is 6.36. The molecule has 0 aliphatic heterocycles. The summed E-state index contributed by atoms with van der Waals surface area (Å²) in [4.78, 5) is 105. The van der Waals surface area contributed by atoms with Crippen molar-refractivity contribution in [1.29, 1.82) is 0 Å². The monoisotopic (exact) mass is 1080 g/mol. The fraction of sp³-hybridized carbons (Fsp3) is 0.767. The van der Waals surface area contributed by atoms with Crippen LogP contribution in [0.5, 0.6) is 0 Å². The van der Waals surface area contributed by atoms with E-state index in [1.807, 2.05) is 30.3 Å². The Labute approximate surface area is 464 Å². The zero-order chi connectivity index (χ0) is 58.5. The standard InChI is InChI=1S/C60H105N7O10/c1-56(2,3)39-38-47(58(7,8)9)67-54(74)66-46(57(4,5)6)36-37-49(69)62-40-25-18-16-17-22-34-50(70)64-45(33-24-27-42-63-55(75)77-60(13,14)15)52(72)65-44(51(71)53(73)76-59(10,11)12)32-23-26-41-61-48(68)35-28-31-43-29-20-19-21-30-43/h19-21,29-30,44-47H,16-18,22-28,31-42H2,1-15H3,(H,61,68)(H,62,69)(H,63,75)(H,64,70)(H,65,72)(H2,66,67,74)/t44-,45-,46-,47-/m0/s1. The summed E-state index contributed by atoms with van der Waals surface area (Å²) < 4.78 is 10.7. The summed E-state index contributed by atoms with van der Waals surface area (Å²) in [6, 6.07) is 7.25. The van der Waals surface area contributed by atoms with Gasteiger partial charge in [-0.15, -0.1) is 0 Å². The summed E-state index contributed by atoms with van der Waals surface area (Å²) in [5, 5.41) is 20.6. The lowest BCUT2D eigenvalue weighted by Crippen LogP contribution is -2.53. The molecule has 0 heterocycles. The van der Waals surface area contributed by atoms with Gasteiger partial charge in [0.25, 0.3) is 5.78 Å². The summed E-state index contributed by atoms with van der Waals surface area (Å²) in [6.07, 6.45) is 9.96. The number of carbonyl (C=O) groups is 8. The molecular formula is C60H105N7O10. The Balaban J connectivity index is 2.80. The molecule has 17 nitrogen and oxygen atoms in total. The number of rotatable bonds is 34. The molecule has 0 radical (unpaired) electrons. The van der Waals surface area contributed by atoms with E-state index in [9.17, 15) is 38.4 Å². The number of alkyl carbamates (subject to hydrolysis) is 1. The highest BCUT2D eigenvalue weighted by Crippen LogP contribution is 2.29. The van der Waals surface area contributed by atoms with Crippen LogP contribution in [0.2, 0.25) is 0 Å². The molecule has 0 spiro atoms. The normalized spacial score (nSPS) is 13.7. The highest BCUT2D eigenvalue weighted by Gasteiger charge is 2.34. The number of nitrogens with one attached hydrogen (secondary N) is 7. The Morgan fingerprint density at radius 1 is 0.455 bits per heavy atom. The zero-order valence-corrected chi connectivity index (χ0v) is 50.3. The van der Waals surface area contributed by atoms with Crippen molar-refractivity contribution in [2.75, 3.05) is 19.6 Å². The highest BCUT2D eigenvalue weighted by atomic mass is 16.6. The molecule has 7 amide bonds. The molecule has 0 saturated carbocycles. The van der Waals surface area contributed by atoms with Crippen molar-refractivity contribution in [3.8, 4) is 0 Å². The quantitative estimate of drug-likeness (QED) is 0.0196. The first-order valence-electron chi connectivity index (χ1n) is 28.6. The van der Waals surface area contributed by atoms with Gasteiger partial charge in [0.2, 0.25) is 23.6 Å². The molecule has 0 aliphatic carbocycles. The topological polar surface area (TPSA) is 239 Å². The molecule has 7 N–H and O–H groups in total. The van der Waals surface area contributed by atoms with Gasteiger partial charge in [-0.1, -0.05) is 112 Å². The molecule has 17 heteroatoms. The number of Topliss-reactive ketones (excluding diaryl/α,β-unsaturated/α-hetero) is 1. The van der Waals surface area contributed by atoms with Crippen LogP contribution in [0.25, 0.3) is 0 Å². The second kappa shape index (κ2) is 34.6. The molecule has 77 heavy (non-hydrogen) atoms. The van der Waals surface area contributed by atoms with Crippen LogP contribution in [0.15, 0.2) is 30.3 Å². The molecule has 1 aromatic rings. The van der Waals surface area contributed by atoms with Crippen LogP contribution in [0.1, 0.15) is 225 Å². The van der Waals surface area contributed by atoms with E-state index in [-0.39, 0.29) is 84.3 Å². The molecule has 1 aromatic carbocycles. The smallest absolute Gasteiger partial charge is 0.407 e. The van der Waals surface area contributed by atoms with Crippen molar-refractivity contribution in [1.82, 2.24) is 37.2 Å². The Morgan fingerprint density at radius 3 is 1.48 bits per heavy atom. The van der Waals surface area contributed by atoms with Crippen LogP contribution in [-0.4, -0.2) is 103 Å². The Hall–Kier alpha value is -5.22. The fourth-order valence-corrected chi connectivity index (χ4v) is 8.32. The first-order chi connectivity index (χ1) is 35.6. The van der Waals surface area contributed by atoms with E-state index >= 15 is 0 Å². The van der Waals surface area contributed by atoms with Crippen LogP contribution >= 0.6 is 0 Å². The van der Waals surface area contributed by atoms with Crippen molar-refractivity contribution in [3.63, 3.8) is 0 Å². The second-order valence-electron chi connectivity index (χ2n) is 26.1. The molecule has 0 bridgehead atoms. The number of carbonyl (C=O) groups excluding carboxylic acids is 8. The molecule has 4 atom stereocenters. The minimum Gasteiger partial charge on any atom is -0.454 e. The molecular weight excluding hydrogens is 979 g/mol. The SMILES string of the molecule is CC(C)(C)CC[C@H](NC(=O)N[C@@H](CCC(=O)NCCCCCCCC(=O)N[C@@H](CCCCNC(=O)OC(C)(C)C)C(=O)N[C@@H](CCCCNC(=O)CCCc1ccccc1)C(=O)C(=O)OC(C)(C)C)C(C)(C)C)C(C)(C)C. The Kier molecular flexibility index (Phi) is 31.4. The molecule has 440 valence electrons. The van der Waals surface area contributed by atoms with E-state index in [0.717, 1.165) is 50.5 Å². The number of hydrogen-bond acceptors (Lipinski definition) is 10. The number of esters is 1. The number of urea groups is 1. The van der Waals surface area contributed by atoms with Crippen LogP contribution in [-0.2, 0) is 44.7 Å². The molecule has 0 unspecified atom stereocenters. The largest absolute Gasteiger partial charge is 0.454 e. The lowest BCUT2D eigenvalue weighted by Gasteiger charge is -2.36. The summed E-state index contributed by atoms with van der Waals surface area (Å²) in [5.74, 6) is -3.11. The fourth-order valence-electron chi connectivity index (χ4n) is 8.32. The minimum absolute atomic E-state index is 0.00115. The molecule has 0 fully saturated rings. The maximum absolute atomic E-state index is 14.0. The number of amides is 7. The predicted octanol–water partition coefficient (Wildman–Crippen LogP) is 10.1. The van der Waals surface area contributed by atoms with Crippen LogP contribution in [0, 0.1) is 16.2 Å². The predicted molar refractivity (Wildman–Crippen MR) is 306 cm³/mol. The van der Waals surface area contributed by atoms with Gasteiger partial charge < -0.3 is 46.7 Å². The summed E-state index contributed by atoms with van der Waals surface area (Å²) in [6.45, 7) is 30.6. The van der Waals surface area contributed by atoms with Crippen molar-refractivity contribution >= 4 is 47.5 Å². The number of benzene rings is 1. The van der Waals surface area contributed by atoms with Gasteiger partial charge in [0.1, 0.15) is 17.2 Å². The molecule has 0 saturated heterocycles. The van der Waals surface area contributed by atoms with E-state index in [1.54, 1.807) is 41.5 Å². The van der Waals surface area contributed by atoms with Crippen LogP contribution < -0.4 is 37.2 Å². The Bertz CT molecular complexity index is 1960. The number of unbranched alkanes of at least 4 members (excludes halogenated alkanes) is 6. The Morgan fingerprint density at radius 2 is 0.935 bits per heavy atom. The average molecular weight is 1080 g/mol. The average Bonchev–Trinajstić information content (AvgIpc) is 3.29. The lowest BCUT2D eigenvalue weighted by atomic mass is 9.79. The van der Waals surface area contributed by atoms with Gasteiger partial charge in [-0.3, -0.25) is 24.0 Å². The van der Waals surface area contributed by atoms with Gasteiger partial charge in [0, 0.05) is 51.0 Å². The van der Waals surface area contributed by atoms with Crippen molar-refractivity contribution in [2.45, 2.75) is 261 Å². The van der Waals surface area contributed by atoms with E-state index in [2.05, 4.69) is 99.5 Å². The maximum Gasteiger partial charge on any atom is 0.407 e. The van der Waals surface area contributed by atoms with Crippen molar-refractivity contribution in [2.24, 2.45) is 16.2 Å². The van der Waals surface area contributed by atoms with Crippen molar-refractivity contribution < 1.29 is 47.8 Å². The molecule has 1 rings (SSSR count). The lowest BCUT2D eigenvalue weighted by molar-refractivity contribution is -0.163. The summed E-state index contributed by atoms with van der Waals surface area (Å²) >= 11 is 0. The van der Waals surface area contributed by atoms with Crippen LogP contribution in [0.4, 0.5) is 9.59 Å². The van der Waals surface area contributed by atoms with Gasteiger partial charge in [0.15, 0.2) is 0 Å². The summed E-state index contributed by atoms with van der Waals surface area (Å²) in [7, 11) is 0. The van der Waals surface area contributed by atoms with Gasteiger partial charge in [-0.25, -0.2) is 14.4 Å².